The molecule has 1 amide bonds. The minimum Gasteiger partial charge on any atom is -0.326 e. The Hall–Kier alpha value is -0.610. The minimum absolute atomic E-state index is 0.267. The Bertz CT molecular complexity index is 218. The second-order valence-electron chi connectivity index (χ2n) is 4.78. The van der Waals surface area contributed by atoms with E-state index < -0.39 is 0 Å². The number of carbonyl (C=O) groups is 1. The van der Waals surface area contributed by atoms with Crippen LogP contribution in [0.15, 0.2) is 0 Å². The van der Waals surface area contributed by atoms with Crippen LogP contribution in [0.1, 0.15) is 32.6 Å². The third kappa shape index (κ3) is 4.10. The van der Waals surface area contributed by atoms with Crippen LogP contribution in [0.3, 0.4) is 0 Å². The maximum atomic E-state index is 11.6. The first-order chi connectivity index (χ1) is 7.65. The van der Waals surface area contributed by atoms with Crippen molar-refractivity contribution in [2.45, 2.75) is 38.8 Å². The SMILES string of the molecule is CCCC1NCC(=O)N1CCCCN(C)C. The molecule has 1 N–H and O–H groups in total. The lowest BCUT2D eigenvalue weighted by Crippen LogP contribution is -2.38. The van der Waals surface area contributed by atoms with Gasteiger partial charge in [0.05, 0.1) is 12.7 Å². The number of carbonyl (C=O) groups excluding carboxylic acids is 1. The predicted octanol–water partition coefficient (Wildman–Crippen LogP) is 0.886. The summed E-state index contributed by atoms with van der Waals surface area (Å²) in [4.78, 5) is 15.8. The molecule has 1 rings (SSSR count). The molecule has 1 heterocycles. The fraction of sp³-hybridized carbons (Fsp3) is 0.917. The molecule has 0 bridgehead atoms. The molecule has 0 aliphatic carbocycles. The lowest BCUT2D eigenvalue weighted by Gasteiger charge is -2.24. The van der Waals surface area contributed by atoms with Crippen molar-refractivity contribution in [1.82, 2.24) is 15.1 Å². The average molecular weight is 227 g/mol. The van der Waals surface area contributed by atoms with E-state index in [2.05, 4.69) is 31.2 Å². The Labute approximate surface area is 99.0 Å². The summed E-state index contributed by atoms with van der Waals surface area (Å²) in [5.41, 5.74) is 0. The Kier molecular flexibility index (Phi) is 5.77. The first kappa shape index (κ1) is 13.5. The van der Waals surface area contributed by atoms with Gasteiger partial charge in [-0.2, -0.15) is 0 Å². The van der Waals surface area contributed by atoms with Gasteiger partial charge in [-0.25, -0.2) is 0 Å². The minimum atomic E-state index is 0.267. The third-order valence-corrected chi connectivity index (χ3v) is 3.00. The number of amides is 1. The van der Waals surface area contributed by atoms with Gasteiger partial charge in [-0.1, -0.05) is 13.3 Å². The maximum Gasteiger partial charge on any atom is 0.237 e. The van der Waals surface area contributed by atoms with Crippen LogP contribution >= 0.6 is 0 Å². The number of nitrogens with one attached hydrogen (secondary N) is 1. The van der Waals surface area contributed by atoms with Crippen molar-refractivity contribution >= 4 is 5.91 Å². The quantitative estimate of drug-likeness (QED) is 0.656. The Balaban J connectivity index is 2.24. The number of hydrogen-bond donors (Lipinski definition) is 1. The van der Waals surface area contributed by atoms with E-state index in [4.69, 9.17) is 0 Å². The number of hydrogen-bond acceptors (Lipinski definition) is 3. The number of rotatable bonds is 7. The Morgan fingerprint density at radius 3 is 2.81 bits per heavy atom. The molecule has 94 valence electrons. The molecule has 0 radical (unpaired) electrons. The molecule has 0 aromatic carbocycles. The topological polar surface area (TPSA) is 35.6 Å². The van der Waals surface area contributed by atoms with Gasteiger partial charge in [0.2, 0.25) is 5.91 Å². The summed E-state index contributed by atoms with van der Waals surface area (Å²) in [5.74, 6) is 0.267. The normalized spacial score (nSPS) is 21.1. The number of unbranched alkanes of at least 4 members (excludes halogenated alkanes) is 1. The van der Waals surface area contributed by atoms with Gasteiger partial charge < -0.3 is 9.80 Å². The third-order valence-electron chi connectivity index (χ3n) is 3.00. The second-order valence-corrected chi connectivity index (χ2v) is 4.78. The highest BCUT2D eigenvalue weighted by Crippen LogP contribution is 2.11. The summed E-state index contributed by atoms with van der Waals surface area (Å²) in [6.45, 7) is 4.70. The molecule has 1 unspecified atom stereocenters. The summed E-state index contributed by atoms with van der Waals surface area (Å²) >= 11 is 0. The van der Waals surface area contributed by atoms with E-state index >= 15 is 0 Å². The van der Waals surface area contributed by atoms with Crippen LogP contribution in [0.4, 0.5) is 0 Å². The van der Waals surface area contributed by atoms with Gasteiger partial charge in [0.25, 0.3) is 0 Å². The van der Waals surface area contributed by atoms with Gasteiger partial charge in [-0.3, -0.25) is 10.1 Å². The number of nitrogens with zero attached hydrogens (tertiary/aromatic N) is 2. The molecular formula is C12H25N3O. The van der Waals surface area contributed by atoms with Crippen molar-refractivity contribution in [3.8, 4) is 0 Å². The summed E-state index contributed by atoms with van der Waals surface area (Å²) in [5, 5.41) is 3.27. The molecule has 1 aliphatic heterocycles. The highest BCUT2D eigenvalue weighted by molar-refractivity contribution is 5.80. The molecule has 1 aliphatic rings. The van der Waals surface area contributed by atoms with Gasteiger partial charge >= 0.3 is 0 Å². The lowest BCUT2D eigenvalue weighted by atomic mass is 10.2. The predicted molar refractivity (Wildman–Crippen MR) is 66.2 cm³/mol. The van der Waals surface area contributed by atoms with Crippen molar-refractivity contribution < 1.29 is 4.79 Å². The van der Waals surface area contributed by atoms with Crippen molar-refractivity contribution in [2.24, 2.45) is 0 Å². The van der Waals surface area contributed by atoms with Crippen LogP contribution in [0.5, 0.6) is 0 Å². The summed E-state index contributed by atoms with van der Waals surface area (Å²) in [6.07, 6.45) is 4.75. The van der Waals surface area contributed by atoms with Crippen LogP contribution in [-0.4, -0.2) is 55.6 Å². The van der Waals surface area contributed by atoms with Crippen molar-refractivity contribution in [3.05, 3.63) is 0 Å². The molecule has 0 aromatic rings. The molecule has 4 nitrogen and oxygen atoms in total. The maximum absolute atomic E-state index is 11.6. The molecule has 4 heteroatoms. The molecule has 16 heavy (non-hydrogen) atoms. The first-order valence-corrected chi connectivity index (χ1v) is 6.32. The van der Waals surface area contributed by atoms with E-state index in [9.17, 15) is 4.79 Å². The fourth-order valence-corrected chi connectivity index (χ4v) is 2.11. The molecular weight excluding hydrogens is 202 g/mol. The van der Waals surface area contributed by atoms with E-state index in [1.165, 1.54) is 0 Å². The molecule has 0 spiro atoms. The standard InChI is InChI=1S/C12H25N3O/c1-4-7-11-13-10-12(16)15(11)9-6-5-8-14(2)3/h11,13H,4-10H2,1-3H3. The van der Waals surface area contributed by atoms with Crippen molar-refractivity contribution in [1.29, 1.82) is 0 Å². The van der Waals surface area contributed by atoms with Gasteiger partial charge in [0.1, 0.15) is 0 Å². The van der Waals surface area contributed by atoms with Gasteiger partial charge in [-0.05, 0) is 39.9 Å². The van der Waals surface area contributed by atoms with Crippen molar-refractivity contribution in [2.75, 3.05) is 33.7 Å². The van der Waals surface area contributed by atoms with Crippen LogP contribution in [0, 0.1) is 0 Å². The zero-order chi connectivity index (χ0) is 12.0. The molecule has 1 fully saturated rings. The van der Waals surface area contributed by atoms with E-state index in [1.54, 1.807) is 0 Å². The lowest BCUT2D eigenvalue weighted by molar-refractivity contribution is -0.128. The van der Waals surface area contributed by atoms with Crippen LogP contribution < -0.4 is 5.32 Å². The summed E-state index contributed by atoms with van der Waals surface area (Å²) < 4.78 is 0. The van der Waals surface area contributed by atoms with Crippen molar-refractivity contribution in [3.63, 3.8) is 0 Å². The smallest absolute Gasteiger partial charge is 0.237 e. The summed E-state index contributed by atoms with van der Waals surface area (Å²) in [6, 6.07) is 0. The van der Waals surface area contributed by atoms with Gasteiger partial charge in [-0.15, -0.1) is 0 Å². The Morgan fingerprint density at radius 2 is 2.19 bits per heavy atom. The molecule has 0 aromatic heterocycles. The first-order valence-electron chi connectivity index (χ1n) is 6.32. The van der Waals surface area contributed by atoms with Gasteiger partial charge in [0.15, 0.2) is 0 Å². The zero-order valence-corrected chi connectivity index (χ0v) is 10.8. The summed E-state index contributed by atoms with van der Waals surface area (Å²) in [7, 11) is 4.17. The van der Waals surface area contributed by atoms with Gasteiger partial charge in [0, 0.05) is 6.54 Å². The van der Waals surface area contributed by atoms with E-state index in [0.717, 1.165) is 38.8 Å². The van der Waals surface area contributed by atoms with E-state index in [1.807, 2.05) is 4.90 Å². The average Bonchev–Trinajstić information content (AvgIpc) is 2.56. The Morgan fingerprint density at radius 1 is 1.44 bits per heavy atom. The second kappa shape index (κ2) is 6.86. The molecule has 1 saturated heterocycles. The molecule has 0 saturated carbocycles. The largest absolute Gasteiger partial charge is 0.326 e. The monoisotopic (exact) mass is 227 g/mol. The fourth-order valence-electron chi connectivity index (χ4n) is 2.11. The zero-order valence-electron chi connectivity index (χ0n) is 10.8. The highest BCUT2D eigenvalue weighted by atomic mass is 16.2. The van der Waals surface area contributed by atoms with E-state index in [-0.39, 0.29) is 12.1 Å². The van der Waals surface area contributed by atoms with E-state index in [0.29, 0.717) is 6.54 Å². The van der Waals surface area contributed by atoms with Crippen LogP contribution in [0.2, 0.25) is 0 Å². The molecule has 1 atom stereocenters. The highest BCUT2D eigenvalue weighted by Gasteiger charge is 2.28. The van der Waals surface area contributed by atoms with Crippen LogP contribution in [-0.2, 0) is 4.79 Å². The van der Waals surface area contributed by atoms with Crippen LogP contribution in [0.25, 0.3) is 0 Å².